The van der Waals surface area contributed by atoms with Gasteiger partial charge in [0.2, 0.25) is 0 Å². The van der Waals surface area contributed by atoms with Crippen molar-refractivity contribution in [2.45, 2.75) is 19.0 Å². The summed E-state index contributed by atoms with van der Waals surface area (Å²) in [6.07, 6.45) is 3.06. The molecule has 0 saturated carbocycles. The summed E-state index contributed by atoms with van der Waals surface area (Å²) in [5, 5.41) is 4.23. The minimum Gasteiger partial charge on any atom is -0.379 e. The van der Waals surface area contributed by atoms with Crippen molar-refractivity contribution < 1.29 is 4.74 Å². The van der Waals surface area contributed by atoms with E-state index in [1.807, 2.05) is 13.2 Å². The molecule has 1 aromatic rings. The van der Waals surface area contributed by atoms with Gasteiger partial charge in [-0.2, -0.15) is 0 Å². The van der Waals surface area contributed by atoms with E-state index in [-0.39, 0.29) is 0 Å². The van der Waals surface area contributed by atoms with Crippen molar-refractivity contribution in [2.75, 3.05) is 32.2 Å². The number of anilines is 1. The molecule has 1 saturated heterocycles. The molecule has 4 nitrogen and oxygen atoms in total. The first-order valence-electron chi connectivity index (χ1n) is 5.21. The van der Waals surface area contributed by atoms with Gasteiger partial charge in [-0.05, 0) is 13.5 Å². The Bertz CT molecular complexity index is 309. The Hall–Kier alpha value is -0.650. The van der Waals surface area contributed by atoms with E-state index in [1.165, 1.54) is 4.88 Å². The Labute approximate surface area is 94.3 Å². The lowest BCUT2D eigenvalue weighted by molar-refractivity contribution is 0.193. The third-order valence-corrected chi connectivity index (χ3v) is 3.74. The predicted molar refractivity (Wildman–Crippen MR) is 62.5 cm³/mol. The van der Waals surface area contributed by atoms with Crippen LogP contribution in [-0.2, 0) is 11.3 Å². The highest BCUT2D eigenvalue weighted by Gasteiger charge is 2.22. The number of rotatable bonds is 4. The zero-order valence-electron chi connectivity index (χ0n) is 9.19. The summed E-state index contributed by atoms with van der Waals surface area (Å²) in [4.78, 5) is 7.94. The Balaban J connectivity index is 2.00. The molecule has 2 heterocycles. The van der Waals surface area contributed by atoms with Crippen molar-refractivity contribution in [1.29, 1.82) is 0 Å². The molecular weight excluding hydrogens is 210 g/mol. The highest BCUT2D eigenvalue weighted by molar-refractivity contribution is 7.15. The van der Waals surface area contributed by atoms with E-state index < -0.39 is 0 Å². The van der Waals surface area contributed by atoms with E-state index in [1.54, 1.807) is 11.3 Å². The van der Waals surface area contributed by atoms with Crippen LogP contribution in [0.5, 0.6) is 0 Å². The van der Waals surface area contributed by atoms with E-state index in [9.17, 15) is 0 Å². The second-order valence-corrected chi connectivity index (χ2v) is 4.86. The van der Waals surface area contributed by atoms with Crippen molar-refractivity contribution in [3.63, 3.8) is 0 Å². The molecule has 1 unspecified atom stereocenters. The van der Waals surface area contributed by atoms with Gasteiger partial charge in [0.15, 0.2) is 5.13 Å². The van der Waals surface area contributed by atoms with Gasteiger partial charge in [0.05, 0.1) is 12.6 Å². The van der Waals surface area contributed by atoms with Gasteiger partial charge in [-0.15, -0.1) is 11.3 Å². The first-order chi connectivity index (χ1) is 7.31. The summed E-state index contributed by atoms with van der Waals surface area (Å²) < 4.78 is 5.38. The second-order valence-electron chi connectivity index (χ2n) is 3.77. The largest absolute Gasteiger partial charge is 0.379 e. The standard InChI is InChI=1S/C10H17N3OS/c1-11-5-9-6-12-10(15-9)13(2)8-3-4-14-7-8/h6,8,11H,3-5,7H2,1-2H3. The van der Waals surface area contributed by atoms with Crippen molar-refractivity contribution in [2.24, 2.45) is 0 Å². The highest BCUT2D eigenvalue weighted by Crippen LogP contribution is 2.25. The lowest BCUT2D eigenvalue weighted by Crippen LogP contribution is -2.31. The second kappa shape index (κ2) is 4.92. The van der Waals surface area contributed by atoms with Crippen molar-refractivity contribution in [3.8, 4) is 0 Å². The molecule has 2 rings (SSSR count). The number of aromatic nitrogens is 1. The summed E-state index contributed by atoms with van der Waals surface area (Å²) in [5.74, 6) is 0. The first-order valence-corrected chi connectivity index (χ1v) is 6.03. The van der Waals surface area contributed by atoms with Crippen LogP contribution >= 0.6 is 11.3 Å². The minimum atomic E-state index is 0.499. The number of likely N-dealkylation sites (N-methyl/N-ethyl adjacent to an activating group) is 1. The molecule has 1 aliphatic rings. The lowest BCUT2D eigenvalue weighted by Gasteiger charge is -2.21. The highest BCUT2D eigenvalue weighted by atomic mass is 32.1. The van der Waals surface area contributed by atoms with Crippen LogP contribution in [0, 0.1) is 0 Å². The summed E-state index contributed by atoms with van der Waals surface area (Å²) >= 11 is 1.75. The Morgan fingerprint density at radius 3 is 3.27 bits per heavy atom. The number of thiazole rings is 1. The molecule has 15 heavy (non-hydrogen) atoms. The third-order valence-electron chi connectivity index (χ3n) is 2.65. The Morgan fingerprint density at radius 2 is 2.60 bits per heavy atom. The van der Waals surface area contributed by atoms with Gasteiger partial charge in [-0.25, -0.2) is 4.98 Å². The fraction of sp³-hybridized carbons (Fsp3) is 0.700. The molecular formula is C10H17N3OS. The number of ether oxygens (including phenoxy) is 1. The molecule has 0 spiro atoms. The molecule has 0 radical (unpaired) electrons. The smallest absolute Gasteiger partial charge is 0.185 e. The molecule has 0 aliphatic carbocycles. The summed E-state index contributed by atoms with van der Waals surface area (Å²) in [6.45, 7) is 2.61. The average Bonchev–Trinajstić information content (AvgIpc) is 2.87. The molecule has 0 aromatic carbocycles. The zero-order chi connectivity index (χ0) is 10.7. The van der Waals surface area contributed by atoms with Crippen molar-refractivity contribution >= 4 is 16.5 Å². The van der Waals surface area contributed by atoms with Crippen LogP contribution in [0.2, 0.25) is 0 Å². The molecule has 1 atom stereocenters. The van der Waals surface area contributed by atoms with Gasteiger partial charge < -0.3 is 15.0 Å². The van der Waals surface area contributed by atoms with Crippen LogP contribution in [-0.4, -0.2) is 38.3 Å². The van der Waals surface area contributed by atoms with Crippen LogP contribution in [0.25, 0.3) is 0 Å². The summed E-state index contributed by atoms with van der Waals surface area (Å²) in [6, 6.07) is 0.499. The Morgan fingerprint density at radius 1 is 1.73 bits per heavy atom. The van der Waals surface area contributed by atoms with Crippen LogP contribution in [0.15, 0.2) is 6.20 Å². The lowest BCUT2D eigenvalue weighted by atomic mass is 10.2. The maximum atomic E-state index is 5.38. The van der Waals surface area contributed by atoms with Gasteiger partial charge in [0, 0.05) is 31.3 Å². The number of hydrogen-bond acceptors (Lipinski definition) is 5. The van der Waals surface area contributed by atoms with Crippen molar-refractivity contribution in [1.82, 2.24) is 10.3 Å². The molecule has 1 N–H and O–H groups in total. The molecule has 0 bridgehead atoms. The third kappa shape index (κ3) is 2.48. The van der Waals surface area contributed by atoms with Gasteiger partial charge in [-0.3, -0.25) is 0 Å². The summed E-state index contributed by atoms with van der Waals surface area (Å²) in [7, 11) is 4.05. The normalized spacial score (nSPS) is 20.8. The quantitative estimate of drug-likeness (QED) is 0.835. The fourth-order valence-electron chi connectivity index (χ4n) is 1.70. The summed E-state index contributed by atoms with van der Waals surface area (Å²) in [5.41, 5.74) is 0. The fourth-order valence-corrected chi connectivity index (χ4v) is 2.65. The molecule has 5 heteroatoms. The molecule has 1 aliphatic heterocycles. The van der Waals surface area contributed by atoms with E-state index >= 15 is 0 Å². The zero-order valence-corrected chi connectivity index (χ0v) is 10.0. The SMILES string of the molecule is CNCc1cnc(N(C)C2CCOC2)s1. The first kappa shape index (κ1) is 10.9. The van der Waals surface area contributed by atoms with E-state index in [4.69, 9.17) is 4.74 Å². The molecule has 84 valence electrons. The van der Waals surface area contributed by atoms with Crippen LogP contribution in [0.1, 0.15) is 11.3 Å². The van der Waals surface area contributed by atoms with Gasteiger partial charge >= 0.3 is 0 Å². The Kier molecular flexibility index (Phi) is 3.56. The van der Waals surface area contributed by atoms with Crippen LogP contribution < -0.4 is 10.2 Å². The topological polar surface area (TPSA) is 37.4 Å². The molecule has 1 aromatic heterocycles. The van der Waals surface area contributed by atoms with E-state index in [0.717, 1.165) is 31.3 Å². The van der Waals surface area contributed by atoms with Gasteiger partial charge in [-0.1, -0.05) is 0 Å². The maximum Gasteiger partial charge on any atom is 0.185 e. The van der Waals surface area contributed by atoms with Crippen LogP contribution in [0.4, 0.5) is 5.13 Å². The number of nitrogens with one attached hydrogen (secondary N) is 1. The van der Waals surface area contributed by atoms with Gasteiger partial charge in [0.25, 0.3) is 0 Å². The number of hydrogen-bond donors (Lipinski definition) is 1. The molecule has 1 fully saturated rings. The maximum absolute atomic E-state index is 5.38. The van der Waals surface area contributed by atoms with E-state index in [0.29, 0.717) is 6.04 Å². The molecule has 0 amide bonds. The average molecular weight is 227 g/mol. The monoisotopic (exact) mass is 227 g/mol. The minimum absolute atomic E-state index is 0.499. The van der Waals surface area contributed by atoms with E-state index in [2.05, 4.69) is 22.2 Å². The van der Waals surface area contributed by atoms with Crippen molar-refractivity contribution in [3.05, 3.63) is 11.1 Å². The number of nitrogens with zero attached hydrogens (tertiary/aromatic N) is 2. The van der Waals surface area contributed by atoms with Gasteiger partial charge in [0.1, 0.15) is 0 Å². The predicted octanol–water partition coefficient (Wildman–Crippen LogP) is 1.09. The van der Waals surface area contributed by atoms with Crippen LogP contribution in [0.3, 0.4) is 0 Å².